The predicted molar refractivity (Wildman–Crippen MR) is 269 cm³/mol. The zero-order valence-corrected chi connectivity index (χ0v) is 43.1. The predicted octanol–water partition coefficient (Wildman–Crippen LogP) is 8.20. The molecule has 1 aliphatic heterocycles. The smallest absolute Gasteiger partial charge is 0.251 e. The van der Waals surface area contributed by atoms with Crippen LogP contribution < -0.4 is 20.7 Å². The summed E-state index contributed by atoms with van der Waals surface area (Å²) >= 11 is 5.02. The Kier molecular flexibility index (Phi) is 15.5. The van der Waals surface area contributed by atoms with E-state index in [0.29, 0.717) is 40.8 Å². The Morgan fingerprint density at radius 1 is 1.00 bits per heavy atom. The molecule has 0 bridgehead atoms. The van der Waals surface area contributed by atoms with Gasteiger partial charge in [0.05, 0.1) is 33.3 Å². The summed E-state index contributed by atoms with van der Waals surface area (Å²) in [7, 11) is 0. The summed E-state index contributed by atoms with van der Waals surface area (Å²) in [6, 6.07) is 20.9. The van der Waals surface area contributed by atoms with E-state index in [2.05, 4.69) is 82.5 Å². The van der Waals surface area contributed by atoms with Gasteiger partial charge in [-0.3, -0.25) is 19.2 Å². The quantitative estimate of drug-likeness (QED) is 0.0635. The van der Waals surface area contributed by atoms with Crippen LogP contribution in [0.3, 0.4) is 0 Å². The van der Waals surface area contributed by atoms with Crippen molar-refractivity contribution in [3.8, 4) is 34.1 Å². The number of hydrogen-bond donors (Lipinski definition) is 4. The molecule has 364 valence electrons. The summed E-state index contributed by atoms with van der Waals surface area (Å²) in [4.78, 5) is 61.4. The second-order valence-electron chi connectivity index (χ2n) is 20.9. The van der Waals surface area contributed by atoms with Crippen LogP contribution in [0.2, 0.25) is 0 Å². The molecule has 3 aromatic carbocycles. The van der Waals surface area contributed by atoms with Gasteiger partial charge in [0.15, 0.2) is 0 Å². The second-order valence-corrected chi connectivity index (χ2v) is 22.6. The summed E-state index contributed by atoms with van der Waals surface area (Å²) in [5, 5.41) is 29.3. The van der Waals surface area contributed by atoms with Crippen LogP contribution in [0.25, 0.3) is 10.4 Å². The van der Waals surface area contributed by atoms with E-state index in [1.807, 2.05) is 69.6 Å². The number of amides is 4. The highest BCUT2D eigenvalue weighted by Gasteiger charge is 2.64. The topological polar surface area (TPSA) is 183 Å². The van der Waals surface area contributed by atoms with E-state index < -0.39 is 41.0 Å². The number of ether oxygens (including phenoxy) is 2. The maximum absolute atomic E-state index is 14.1. The number of benzene rings is 3. The van der Waals surface area contributed by atoms with Crippen molar-refractivity contribution in [3.05, 3.63) is 105 Å². The number of carbonyl (C=O) groups is 4. The van der Waals surface area contributed by atoms with Crippen molar-refractivity contribution in [1.29, 1.82) is 5.26 Å². The van der Waals surface area contributed by atoms with Crippen LogP contribution in [0.5, 0.6) is 5.75 Å². The van der Waals surface area contributed by atoms with Crippen molar-refractivity contribution in [2.24, 2.45) is 16.2 Å². The molecule has 0 unspecified atom stereocenters. The Bertz CT molecular complexity index is 2640. The molecule has 4 amide bonds. The molecule has 2 saturated carbocycles. The zero-order chi connectivity index (χ0) is 49.9. The Labute approximate surface area is 418 Å². The molecule has 3 atom stereocenters. The van der Waals surface area contributed by atoms with Crippen LogP contribution >= 0.6 is 27.3 Å². The third-order valence-corrected chi connectivity index (χ3v) is 15.4. The molecular formula is C54H63BrN6O7S. The van der Waals surface area contributed by atoms with Gasteiger partial charge in [-0.1, -0.05) is 84.6 Å². The number of carbonyl (C=O) groups excluding carboxylic acids is 4. The number of halogens is 1. The lowest BCUT2D eigenvalue weighted by atomic mass is 9.49. The van der Waals surface area contributed by atoms with E-state index in [4.69, 9.17) is 9.47 Å². The van der Waals surface area contributed by atoms with E-state index in [9.17, 15) is 29.5 Å². The largest absolute Gasteiger partial charge is 0.489 e. The number of unbranched alkanes of at least 4 members (excludes halogenated alkanes) is 2. The van der Waals surface area contributed by atoms with Crippen LogP contribution in [-0.4, -0.2) is 88.7 Å². The first-order valence-electron chi connectivity index (χ1n) is 23.6. The average molecular weight is 1020 g/mol. The van der Waals surface area contributed by atoms with Crippen LogP contribution in [0.1, 0.15) is 120 Å². The first-order chi connectivity index (χ1) is 32.6. The number of nitrogens with one attached hydrogen (secondary N) is 3. The van der Waals surface area contributed by atoms with Crippen molar-refractivity contribution in [2.45, 2.75) is 130 Å². The van der Waals surface area contributed by atoms with Crippen LogP contribution in [0, 0.1) is 46.3 Å². The minimum absolute atomic E-state index is 0.00515. The van der Waals surface area contributed by atoms with Gasteiger partial charge >= 0.3 is 0 Å². The lowest BCUT2D eigenvalue weighted by Crippen LogP contribution is -2.74. The molecule has 1 aromatic heterocycles. The van der Waals surface area contributed by atoms with Gasteiger partial charge in [-0.15, -0.1) is 11.3 Å². The fourth-order valence-corrected chi connectivity index (χ4v) is 11.3. The normalized spacial score (nSPS) is 21.1. The molecule has 15 heteroatoms. The summed E-state index contributed by atoms with van der Waals surface area (Å²) in [6.07, 6.45) is 2.65. The maximum atomic E-state index is 14.1. The number of likely N-dealkylation sites (tertiary alicyclic amines) is 1. The third kappa shape index (κ3) is 11.6. The molecule has 7 rings (SSSR count). The molecule has 0 radical (unpaired) electrons. The second kappa shape index (κ2) is 20.8. The van der Waals surface area contributed by atoms with Gasteiger partial charge < -0.3 is 35.4 Å². The number of hydrogen-bond acceptors (Lipinski definition) is 10. The average Bonchev–Trinajstić information content (AvgIpc) is 3.77. The Balaban J connectivity index is 0.827. The number of aliphatic hydroxyl groups is 1. The molecule has 13 nitrogen and oxygen atoms in total. The molecule has 2 heterocycles. The minimum Gasteiger partial charge on any atom is -0.489 e. The molecule has 3 fully saturated rings. The fourth-order valence-electron chi connectivity index (χ4n) is 10.0. The fraction of sp³-hybridized carbons (Fsp3) is 0.481. The van der Waals surface area contributed by atoms with Gasteiger partial charge in [0.2, 0.25) is 17.7 Å². The van der Waals surface area contributed by atoms with E-state index in [-0.39, 0.29) is 54.4 Å². The SMILES string of the molecule is Cc1ncsc1-c1ccc(C2(NC(=O)[C@H]3C[C@@H](O)CN3C(=O)[C@@H](NC(=O)COCCCCC#Cc3ccc(C(=O)N[C@H]4C(C)(C)[C@H](Oc5ccc(C#N)c(Br)c5)C4(C)C)cc3)C(C)(C)C)CC2)cc1. The highest BCUT2D eigenvalue weighted by Crippen LogP contribution is 2.56. The maximum Gasteiger partial charge on any atom is 0.251 e. The van der Waals surface area contributed by atoms with Crippen LogP contribution in [0.15, 0.2) is 76.7 Å². The van der Waals surface area contributed by atoms with E-state index >= 15 is 0 Å². The van der Waals surface area contributed by atoms with Crippen LogP contribution in [-0.2, 0) is 24.7 Å². The zero-order valence-electron chi connectivity index (χ0n) is 40.7. The van der Waals surface area contributed by atoms with Gasteiger partial charge in [0.1, 0.15) is 36.6 Å². The van der Waals surface area contributed by atoms with Gasteiger partial charge in [-0.2, -0.15) is 5.26 Å². The number of aromatic nitrogens is 1. The van der Waals surface area contributed by atoms with Crippen molar-refractivity contribution >= 4 is 50.9 Å². The number of aliphatic hydroxyl groups excluding tert-OH is 1. The number of aryl methyl sites for hydroxylation is 1. The van der Waals surface area contributed by atoms with Crippen LogP contribution in [0.4, 0.5) is 0 Å². The number of β-amino-alcohol motifs (C(OH)–C–C–N with tert-alkyl or cyclic N) is 1. The van der Waals surface area contributed by atoms with Crippen molar-refractivity contribution in [1.82, 2.24) is 25.8 Å². The summed E-state index contributed by atoms with van der Waals surface area (Å²) in [5.41, 5.74) is 4.79. The molecule has 3 aliphatic rings. The first kappa shape index (κ1) is 51.3. The Hall–Kier alpha value is -5.58. The monoisotopic (exact) mass is 1020 g/mol. The van der Waals surface area contributed by atoms with E-state index in [0.717, 1.165) is 46.5 Å². The highest BCUT2D eigenvalue weighted by molar-refractivity contribution is 9.10. The molecule has 4 aromatic rings. The van der Waals surface area contributed by atoms with Gasteiger partial charge in [0, 0.05) is 58.5 Å². The number of thiazole rings is 1. The number of rotatable bonds is 16. The van der Waals surface area contributed by atoms with Crippen molar-refractivity contribution in [3.63, 3.8) is 0 Å². The summed E-state index contributed by atoms with van der Waals surface area (Å²) in [6.45, 7) is 16.0. The molecule has 1 saturated heterocycles. The number of nitrogens with zero attached hydrogens (tertiary/aromatic N) is 3. The Morgan fingerprint density at radius 2 is 1.70 bits per heavy atom. The van der Waals surface area contributed by atoms with Crippen molar-refractivity contribution in [2.75, 3.05) is 19.8 Å². The van der Waals surface area contributed by atoms with Crippen molar-refractivity contribution < 1.29 is 33.8 Å². The summed E-state index contributed by atoms with van der Waals surface area (Å²) < 4.78 is 12.8. The molecule has 69 heavy (non-hydrogen) atoms. The lowest BCUT2D eigenvalue weighted by Gasteiger charge is -2.63. The van der Waals surface area contributed by atoms with Gasteiger partial charge in [0.25, 0.3) is 5.91 Å². The van der Waals surface area contributed by atoms with E-state index in [1.165, 1.54) is 4.90 Å². The molecular weight excluding hydrogens is 957 g/mol. The van der Waals surface area contributed by atoms with E-state index in [1.54, 1.807) is 41.7 Å². The van der Waals surface area contributed by atoms with Gasteiger partial charge in [-0.05, 0) is 108 Å². The summed E-state index contributed by atoms with van der Waals surface area (Å²) in [5.74, 6) is 5.64. The minimum atomic E-state index is -0.953. The highest BCUT2D eigenvalue weighted by atomic mass is 79.9. The lowest BCUT2D eigenvalue weighted by molar-refractivity contribution is -0.164. The standard InChI is InChI=1S/C54H63BrN6O7S/c1-33-44(69-32-57-33)35-18-21-38(22-19-35)54(24-25-54)60-47(65)42-27-39(62)30-61(42)48(66)45(51(2,3)4)58-43(63)31-67-26-12-10-9-11-13-34-14-16-36(17-15-34)46(64)59-49-52(5,6)50(53(49,7)8)68-40-23-20-37(29-56)41(55)28-40/h14-23,28,32,39,42,45,49-50,62H,9-10,12,24-27,30-31H2,1-8H3,(H,58,63)(H,59,64)(H,60,65)/t39-,42-,45-,49-,50-/m1/s1. The third-order valence-electron chi connectivity index (χ3n) is 13.7. The molecule has 0 spiro atoms. The molecule has 4 N–H and O–H groups in total. The molecule has 2 aliphatic carbocycles. The van der Waals surface area contributed by atoms with Gasteiger partial charge in [-0.25, -0.2) is 4.98 Å². The first-order valence-corrected chi connectivity index (χ1v) is 25.3. The Morgan fingerprint density at radius 3 is 2.30 bits per heavy atom. The number of nitriles is 1.